The van der Waals surface area contributed by atoms with Gasteiger partial charge in [0, 0.05) is 5.69 Å². The standard InChI is InChI=1S/C18H13F2NO3/c19-15(20)13-14(16(22)23)18(13)11-8-4-5-9-12(11)21(17(18)24)10-6-2-1-3-7-10/h1-9,13-15H,(H,22,23)/t13-,14-,18+/m0/s1. The molecular formula is C18H13F2NO3. The first-order valence-electron chi connectivity index (χ1n) is 7.51. The smallest absolute Gasteiger partial charge is 0.308 e. The molecule has 4 nitrogen and oxygen atoms in total. The summed E-state index contributed by atoms with van der Waals surface area (Å²) in [6, 6.07) is 15.2. The molecule has 0 radical (unpaired) electrons. The highest BCUT2D eigenvalue weighted by Gasteiger charge is 2.80. The Morgan fingerprint density at radius 3 is 2.29 bits per heavy atom. The molecule has 0 aromatic heterocycles. The predicted octanol–water partition coefficient (Wildman–Crippen LogP) is 3.20. The molecule has 2 aliphatic rings. The average Bonchev–Trinajstić information content (AvgIpc) is 3.22. The normalized spacial score (nSPS) is 27.6. The Labute approximate surface area is 136 Å². The summed E-state index contributed by atoms with van der Waals surface area (Å²) >= 11 is 0. The van der Waals surface area contributed by atoms with Gasteiger partial charge in [-0.2, -0.15) is 0 Å². The van der Waals surface area contributed by atoms with Crippen LogP contribution in [-0.4, -0.2) is 23.4 Å². The summed E-state index contributed by atoms with van der Waals surface area (Å²) in [5, 5.41) is 9.39. The van der Waals surface area contributed by atoms with Crippen LogP contribution in [0.15, 0.2) is 54.6 Å². The second-order valence-corrected chi connectivity index (χ2v) is 6.04. The van der Waals surface area contributed by atoms with Crippen molar-refractivity contribution in [3.63, 3.8) is 0 Å². The number of carbonyl (C=O) groups is 2. The van der Waals surface area contributed by atoms with Gasteiger partial charge in [0.1, 0.15) is 0 Å². The third-order valence-electron chi connectivity index (χ3n) is 4.97. The molecule has 1 fully saturated rings. The van der Waals surface area contributed by atoms with Crippen LogP contribution in [0.3, 0.4) is 0 Å². The van der Waals surface area contributed by atoms with Crippen LogP contribution in [0.5, 0.6) is 0 Å². The molecule has 6 heteroatoms. The third kappa shape index (κ3) is 1.65. The molecule has 1 amide bonds. The maximum atomic E-state index is 13.5. The van der Waals surface area contributed by atoms with Crippen LogP contribution in [0, 0.1) is 11.8 Å². The van der Waals surface area contributed by atoms with Gasteiger partial charge in [-0.25, -0.2) is 8.78 Å². The van der Waals surface area contributed by atoms with Crippen molar-refractivity contribution in [2.45, 2.75) is 11.8 Å². The minimum Gasteiger partial charge on any atom is -0.481 e. The fourth-order valence-electron chi connectivity index (χ4n) is 3.99. The Hall–Kier alpha value is -2.76. The molecule has 4 rings (SSSR count). The molecule has 1 N–H and O–H groups in total. The summed E-state index contributed by atoms with van der Waals surface area (Å²) in [7, 11) is 0. The first-order chi connectivity index (χ1) is 11.5. The van der Waals surface area contributed by atoms with Gasteiger partial charge < -0.3 is 5.11 Å². The fraction of sp³-hybridized carbons (Fsp3) is 0.222. The van der Waals surface area contributed by atoms with E-state index in [2.05, 4.69) is 0 Å². The summed E-state index contributed by atoms with van der Waals surface area (Å²) in [5.74, 6) is -4.86. The number of anilines is 2. The summed E-state index contributed by atoms with van der Waals surface area (Å²) in [4.78, 5) is 26.0. The topological polar surface area (TPSA) is 57.6 Å². The minimum atomic E-state index is -2.88. The molecular weight excluding hydrogens is 316 g/mol. The van der Waals surface area contributed by atoms with E-state index >= 15 is 0 Å². The number of halogens is 2. The number of hydrogen-bond acceptors (Lipinski definition) is 2. The molecule has 0 saturated heterocycles. The molecule has 24 heavy (non-hydrogen) atoms. The molecule has 2 aromatic carbocycles. The lowest BCUT2D eigenvalue weighted by molar-refractivity contribution is -0.140. The van der Waals surface area contributed by atoms with Crippen LogP contribution in [-0.2, 0) is 15.0 Å². The van der Waals surface area contributed by atoms with Gasteiger partial charge in [0.15, 0.2) is 0 Å². The maximum absolute atomic E-state index is 13.5. The molecule has 0 bridgehead atoms. The summed E-state index contributed by atoms with van der Waals surface area (Å²) < 4.78 is 27.0. The highest BCUT2D eigenvalue weighted by molar-refractivity contribution is 6.17. The largest absolute Gasteiger partial charge is 0.481 e. The second kappa shape index (κ2) is 4.87. The van der Waals surface area contributed by atoms with Crippen molar-refractivity contribution in [2.24, 2.45) is 11.8 Å². The van der Waals surface area contributed by atoms with Crippen LogP contribution < -0.4 is 4.90 Å². The molecule has 1 saturated carbocycles. The SMILES string of the molecule is O=C(O)[C@@H]1[C@@H](C(F)F)[C@@]12C(=O)N(c1ccccc1)c1ccccc12. The first kappa shape index (κ1) is 14.8. The lowest BCUT2D eigenvalue weighted by Crippen LogP contribution is -2.32. The van der Waals surface area contributed by atoms with Gasteiger partial charge in [0.25, 0.3) is 0 Å². The fourth-order valence-corrected chi connectivity index (χ4v) is 3.99. The van der Waals surface area contributed by atoms with Crippen LogP contribution in [0.4, 0.5) is 20.2 Å². The van der Waals surface area contributed by atoms with E-state index < -0.39 is 35.6 Å². The van der Waals surface area contributed by atoms with Crippen molar-refractivity contribution in [2.75, 3.05) is 4.90 Å². The summed E-state index contributed by atoms with van der Waals surface area (Å²) in [5.41, 5.74) is -0.289. The first-order valence-corrected chi connectivity index (χ1v) is 7.51. The molecule has 3 atom stereocenters. The van der Waals surface area contributed by atoms with Crippen molar-refractivity contribution in [3.05, 3.63) is 60.2 Å². The number of fused-ring (bicyclic) bond motifs is 2. The van der Waals surface area contributed by atoms with E-state index in [0.717, 1.165) is 0 Å². The third-order valence-corrected chi connectivity index (χ3v) is 4.97. The zero-order valence-corrected chi connectivity index (χ0v) is 12.4. The monoisotopic (exact) mass is 329 g/mol. The summed E-state index contributed by atoms with van der Waals surface area (Å²) in [6.07, 6.45) is -2.88. The summed E-state index contributed by atoms with van der Waals surface area (Å²) in [6.45, 7) is 0. The van der Waals surface area contributed by atoms with Gasteiger partial charge in [0.05, 0.1) is 22.9 Å². The number of carboxylic acids is 1. The lowest BCUT2D eigenvalue weighted by atomic mass is 9.93. The number of carbonyl (C=O) groups excluding carboxylic acids is 1. The number of nitrogens with zero attached hydrogens (tertiary/aromatic N) is 1. The molecule has 1 heterocycles. The number of amides is 1. The van der Waals surface area contributed by atoms with E-state index in [1.165, 1.54) is 4.90 Å². The zero-order valence-electron chi connectivity index (χ0n) is 12.4. The number of benzene rings is 2. The van der Waals surface area contributed by atoms with Gasteiger partial charge in [-0.1, -0.05) is 36.4 Å². The van der Waals surface area contributed by atoms with Crippen LogP contribution in [0.25, 0.3) is 0 Å². The van der Waals surface area contributed by atoms with Crippen molar-refractivity contribution in [1.29, 1.82) is 0 Å². The minimum absolute atomic E-state index is 0.372. The molecule has 2 aromatic rings. The predicted molar refractivity (Wildman–Crippen MR) is 82.3 cm³/mol. The maximum Gasteiger partial charge on any atom is 0.308 e. The van der Waals surface area contributed by atoms with Gasteiger partial charge in [-0.15, -0.1) is 0 Å². The van der Waals surface area contributed by atoms with E-state index in [4.69, 9.17) is 0 Å². The van der Waals surface area contributed by atoms with Gasteiger partial charge in [0.2, 0.25) is 12.3 Å². The number of rotatable bonds is 3. The highest BCUT2D eigenvalue weighted by atomic mass is 19.3. The number of carboxylic acid groups (broad SMARTS) is 1. The zero-order chi connectivity index (χ0) is 17.1. The number of aliphatic carboxylic acids is 1. The molecule has 122 valence electrons. The van der Waals surface area contributed by atoms with E-state index in [9.17, 15) is 23.5 Å². The van der Waals surface area contributed by atoms with E-state index in [0.29, 0.717) is 16.9 Å². The average molecular weight is 329 g/mol. The van der Waals surface area contributed by atoms with Crippen LogP contribution >= 0.6 is 0 Å². The van der Waals surface area contributed by atoms with E-state index in [1.54, 1.807) is 54.6 Å². The van der Waals surface area contributed by atoms with E-state index in [1.807, 2.05) is 0 Å². The second-order valence-electron chi connectivity index (χ2n) is 6.04. The number of para-hydroxylation sites is 2. The van der Waals surface area contributed by atoms with Crippen LogP contribution in [0.1, 0.15) is 5.56 Å². The Balaban J connectivity index is 1.93. The van der Waals surface area contributed by atoms with Crippen LogP contribution in [0.2, 0.25) is 0 Å². The molecule has 1 spiro atoms. The van der Waals surface area contributed by atoms with E-state index in [-0.39, 0.29) is 0 Å². The lowest BCUT2D eigenvalue weighted by Gasteiger charge is -2.18. The number of alkyl halides is 2. The van der Waals surface area contributed by atoms with Crippen molar-refractivity contribution < 1.29 is 23.5 Å². The Kier molecular flexibility index (Phi) is 3.00. The number of hydrogen-bond donors (Lipinski definition) is 1. The quantitative estimate of drug-likeness (QED) is 0.941. The Morgan fingerprint density at radius 1 is 1.08 bits per heavy atom. The van der Waals surface area contributed by atoms with Crippen molar-refractivity contribution in [1.82, 2.24) is 0 Å². The molecule has 1 aliphatic heterocycles. The Morgan fingerprint density at radius 2 is 1.71 bits per heavy atom. The van der Waals surface area contributed by atoms with Gasteiger partial charge in [-0.3, -0.25) is 14.5 Å². The van der Waals surface area contributed by atoms with Crippen molar-refractivity contribution >= 4 is 23.3 Å². The molecule has 1 aliphatic carbocycles. The van der Waals surface area contributed by atoms with Gasteiger partial charge in [-0.05, 0) is 23.8 Å². The highest BCUT2D eigenvalue weighted by Crippen LogP contribution is 2.68. The van der Waals surface area contributed by atoms with Crippen molar-refractivity contribution in [3.8, 4) is 0 Å². The Bertz CT molecular complexity index is 839. The molecule has 0 unspecified atom stereocenters. The van der Waals surface area contributed by atoms with Gasteiger partial charge >= 0.3 is 5.97 Å².